The SMILES string of the molecule is CCOC(=NC(=O)C(=O)N=C(OCC)OCC)OCC. The Morgan fingerprint density at radius 2 is 0.900 bits per heavy atom. The van der Waals surface area contributed by atoms with Crippen molar-refractivity contribution in [2.75, 3.05) is 26.4 Å². The van der Waals surface area contributed by atoms with Gasteiger partial charge in [0.2, 0.25) is 0 Å². The lowest BCUT2D eigenvalue weighted by atomic mass is 10.6. The van der Waals surface area contributed by atoms with Crippen LogP contribution in [0.4, 0.5) is 0 Å². The number of nitrogens with zero attached hydrogens (tertiary/aromatic N) is 2. The van der Waals surface area contributed by atoms with E-state index >= 15 is 0 Å². The highest BCUT2D eigenvalue weighted by Crippen LogP contribution is 1.94. The van der Waals surface area contributed by atoms with Crippen molar-refractivity contribution in [3.63, 3.8) is 0 Å². The van der Waals surface area contributed by atoms with E-state index in [2.05, 4.69) is 9.98 Å². The van der Waals surface area contributed by atoms with Crippen LogP contribution >= 0.6 is 0 Å². The molecule has 0 atom stereocenters. The second kappa shape index (κ2) is 10.8. The molecule has 0 rings (SSSR count). The van der Waals surface area contributed by atoms with Crippen LogP contribution in [0.15, 0.2) is 9.98 Å². The van der Waals surface area contributed by atoms with E-state index in [-0.39, 0.29) is 38.6 Å². The van der Waals surface area contributed by atoms with Gasteiger partial charge in [-0.2, -0.15) is 0 Å². The molecule has 0 fully saturated rings. The highest BCUT2D eigenvalue weighted by atomic mass is 16.7. The summed E-state index contributed by atoms with van der Waals surface area (Å²) in [5.41, 5.74) is 0. The Kier molecular flexibility index (Phi) is 9.63. The average Bonchev–Trinajstić information content (AvgIpc) is 2.39. The zero-order valence-electron chi connectivity index (χ0n) is 12.2. The molecular weight excluding hydrogens is 268 g/mol. The molecule has 0 aromatic carbocycles. The predicted octanol–water partition coefficient (Wildman–Crippen LogP) is 0.898. The van der Waals surface area contributed by atoms with Gasteiger partial charge >= 0.3 is 24.0 Å². The largest absolute Gasteiger partial charge is 0.451 e. The first-order chi connectivity index (χ1) is 9.58. The third-order valence-corrected chi connectivity index (χ3v) is 1.64. The molecule has 0 saturated carbocycles. The molecule has 114 valence electrons. The molecule has 2 amide bonds. The molecule has 0 radical (unpaired) electrons. The van der Waals surface area contributed by atoms with Crippen LogP contribution in [0.1, 0.15) is 27.7 Å². The summed E-state index contributed by atoms with van der Waals surface area (Å²) in [5, 5.41) is 0. The summed E-state index contributed by atoms with van der Waals surface area (Å²) in [4.78, 5) is 29.9. The Morgan fingerprint density at radius 3 is 1.10 bits per heavy atom. The lowest BCUT2D eigenvalue weighted by molar-refractivity contribution is -0.135. The van der Waals surface area contributed by atoms with Crippen molar-refractivity contribution >= 4 is 24.0 Å². The number of hydrogen-bond acceptors (Lipinski definition) is 6. The maximum atomic E-state index is 11.5. The summed E-state index contributed by atoms with van der Waals surface area (Å²) in [6, 6.07) is 0. The summed E-state index contributed by atoms with van der Waals surface area (Å²) >= 11 is 0. The molecule has 0 spiro atoms. The van der Waals surface area contributed by atoms with Crippen molar-refractivity contribution in [2.24, 2.45) is 9.98 Å². The Balaban J connectivity index is 4.84. The van der Waals surface area contributed by atoms with Gasteiger partial charge in [-0.15, -0.1) is 9.98 Å². The van der Waals surface area contributed by atoms with Gasteiger partial charge in [-0.25, -0.2) is 0 Å². The van der Waals surface area contributed by atoms with Gasteiger partial charge in [-0.05, 0) is 27.7 Å². The highest BCUT2D eigenvalue weighted by molar-refractivity contribution is 6.38. The maximum Gasteiger partial charge on any atom is 0.391 e. The molecule has 8 heteroatoms. The molecular formula is C12H20N2O6. The van der Waals surface area contributed by atoms with Crippen LogP contribution in [0.25, 0.3) is 0 Å². The minimum Gasteiger partial charge on any atom is -0.451 e. The number of hydrogen-bond donors (Lipinski definition) is 0. The predicted molar refractivity (Wildman–Crippen MR) is 71.4 cm³/mol. The lowest BCUT2D eigenvalue weighted by Gasteiger charge is -2.06. The van der Waals surface area contributed by atoms with E-state index in [0.717, 1.165) is 0 Å². The van der Waals surface area contributed by atoms with Crippen LogP contribution < -0.4 is 0 Å². The summed E-state index contributed by atoms with van der Waals surface area (Å²) in [7, 11) is 0. The zero-order valence-corrected chi connectivity index (χ0v) is 12.2. The van der Waals surface area contributed by atoms with Crippen LogP contribution in [-0.4, -0.2) is 50.4 Å². The normalized spacial score (nSPS) is 9.20. The quantitative estimate of drug-likeness (QED) is 0.433. The van der Waals surface area contributed by atoms with Crippen LogP contribution in [-0.2, 0) is 28.5 Å². The Morgan fingerprint density at radius 1 is 0.650 bits per heavy atom. The van der Waals surface area contributed by atoms with Gasteiger partial charge in [0.15, 0.2) is 0 Å². The van der Waals surface area contributed by atoms with Crippen LogP contribution in [0, 0.1) is 0 Å². The molecule has 0 aliphatic carbocycles. The molecule has 0 N–H and O–H groups in total. The molecule has 8 nitrogen and oxygen atoms in total. The topological polar surface area (TPSA) is 95.8 Å². The third kappa shape index (κ3) is 7.34. The summed E-state index contributed by atoms with van der Waals surface area (Å²) < 4.78 is 19.8. The number of rotatable bonds is 4. The maximum absolute atomic E-state index is 11.5. The molecule has 0 aliphatic heterocycles. The second-order valence-electron chi connectivity index (χ2n) is 3.10. The fourth-order valence-electron chi connectivity index (χ4n) is 0.968. The molecule has 0 saturated heterocycles. The lowest BCUT2D eigenvalue weighted by Crippen LogP contribution is -2.19. The number of amides is 2. The minimum absolute atomic E-state index is 0.257. The standard InChI is InChI=1S/C12H20N2O6/c1-5-17-11(18-6-2)13-9(15)10(16)14-12(19-7-3)20-8-4/h5-8H2,1-4H3. The van der Waals surface area contributed by atoms with Gasteiger partial charge in [-0.3, -0.25) is 9.59 Å². The fourth-order valence-corrected chi connectivity index (χ4v) is 0.968. The smallest absolute Gasteiger partial charge is 0.391 e. The molecule has 0 aromatic rings. The Bertz CT molecular complexity index is 326. The van der Waals surface area contributed by atoms with E-state index in [4.69, 9.17) is 18.9 Å². The van der Waals surface area contributed by atoms with E-state index < -0.39 is 11.8 Å². The van der Waals surface area contributed by atoms with E-state index in [0.29, 0.717) is 0 Å². The van der Waals surface area contributed by atoms with Crippen LogP contribution in [0.3, 0.4) is 0 Å². The van der Waals surface area contributed by atoms with Gasteiger partial charge in [0.25, 0.3) is 0 Å². The van der Waals surface area contributed by atoms with Gasteiger partial charge in [0.05, 0.1) is 26.4 Å². The fraction of sp³-hybridized carbons (Fsp3) is 0.667. The minimum atomic E-state index is -1.13. The van der Waals surface area contributed by atoms with Gasteiger partial charge in [-0.1, -0.05) is 0 Å². The number of ether oxygens (including phenoxy) is 4. The van der Waals surface area contributed by atoms with Crippen LogP contribution in [0.2, 0.25) is 0 Å². The second-order valence-corrected chi connectivity index (χ2v) is 3.10. The van der Waals surface area contributed by atoms with Crippen molar-refractivity contribution in [3.8, 4) is 0 Å². The van der Waals surface area contributed by atoms with Crippen molar-refractivity contribution in [2.45, 2.75) is 27.7 Å². The molecule has 0 aromatic heterocycles. The number of carbonyl (C=O) groups is 2. The van der Waals surface area contributed by atoms with E-state index in [1.54, 1.807) is 27.7 Å². The van der Waals surface area contributed by atoms with Crippen LogP contribution in [0.5, 0.6) is 0 Å². The summed E-state index contributed by atoms with van der Waals surface area (Å²) in [6.45, 7) is 7.81. The first-order valence-corrected chi connectivity index (χ1v) is 6.35. The first-order valence-electron chi connectivity index (χ1n) is 6.35. The molecule has 20 heavy (non-hydrogen) atoms. The third-order valence-electron chi connectivity index (χ3n) is 1.64. The van der Waals surface area contributed by atoms with Crippen molar-refractivity contribution in [1.29, 1.82) is 0 Å². The number of carbonyl (C=O) groups excluding carboxylic acids is 2. The van der Waals surface area contributed by atoms with Crippen molar-refractivity contribution in [1.82, 2.24) is 0 Å². The van der Waals surface area contributed by atoms with E-state index in [1.165, 1.54) is 0 Å². The number of aliphatic imine (C=N–C) groups is 2. The van der Waals surface area contributed by atoms with Gasteiger partial charge in [0.1, 0.15) is 0 Å². The Hall–Kier alpha value is -2.12. The molecule has 0 aliphatic rings. The molecule has 0 unspecified atom stereocenters. The van der Waals surface area contributed by atoms with Crippen molar-refractivity contribution in [3.05, 3.63) is 0 Å². The van der Waals surface area contributed by atoms with E-state index in [9.17, 15) is 9.59 Å². The zero-order chi connectivity index (χ0) is 15.4. The monoisotopic (exact) mass is 288 g/mol. The van der Waals surface area contributed by atoms with E-state index in [1.807, 2.05) is 0 Å². The first kappa shape index (κ1) is 17.9. The summed E-state index contributed by atoms with van der Waals surface area (Å²) in [5.74, 6) is -2.25. The summed E-state index contributed by atoms with van der Waals surface area (Å²) in [6.07, 6.45) is -0.532. The average molecular weight is 288 g/mol. The van der Waals surface area contributed by atoms with Gasteiger partial charge in [0, 0.05) is 0 Å². The Labute approximate surface area is 117 Å². The molecule has 0 bridgehead atoms. The van der Waals surface area contributed by atoms with Gasteiger partial charge < -0.3 is 18.9 Å². The van der Waals surface area contributed by atoms with Crippen molar-refractivity contribution < 1.29 is 28.5 Å². The molecule has 0 heterocycles. The highest BCUT2D eigenvalue weighted by Gasteiger charge is 2.17.